The third-order valence-corrected chi connectivity index (χ3v) is 2.11. The molecule has 0 bridgehead atoms. The third kappa shape index (κ3) is 3.70. The molecular weight excluding hydrogens is 199 g/mol. The molecule has 0 saturated heterocycles. The van der Waals surface area contributed by atoms with Crippen LogP contribution in [0.5, 0.6) is 0 Å². The first-order valence-electron chi connectivity index (χ1n) is 3.31. The van der Waals surface area contributed by atoms with Gasteiger partial charge < -0.3 is 4.55 Å². The quantitative estimate of drug-likeness (QED) is 0.323. The van der Waals surface area contributed by atoms with Crippen molar-refractivity contribution in [3.05, 3.63) is 29.8 Å². The van der Waals surface area contributed by atoms with Crippen molar-refractivity contribution in [3.8, 4) is 0 Å². The minimum atomic E-state index is -2.21. The van der Waals surface area contributed by atoms with Gasteiger partial charge in [-0.15, -0.1) is 0 Å². The van der Waals surface area contributed by atoms with Gasteiger partial charge in [0.25, 0.3) is 0 Å². The zero-order chi connectivity index (χ0) is 9.14. The van der Waals surface area contributed by atoms with Gasteiger partial charge >= 0.3 is 29.6 Å². The van der Waals surface area contributed by atoms with Crippen LogP contribution in [0.3, 0.4) is 0 Å². The Hall–Kier alpha value is -0.000000000000000222. The molecule has 0 aliphatic rings. The predicted molar refractivity (Wildman–Crippen MR) is 43.6 cm³/mol. The molecule has 13 heavy (non-hydrogen) atoms. The Bertz CT molecular complexity index is 288. The van der Waals surface area contributed by atoms with Crippen molar-refractivity contribution in [2.45, 2.75) is 11.8 Å². The summed E-state index contributed by atoms with van der Waals surface area (Å²) in [5.41, 5.74) is 0.518. The molecule has 0 spiro atoms. The summed E-state index contributed by atoms with van der Waals surface area (Å²) >= 11 is -2.21. The first-order valence-corrected chi connectivity index (χ1v) is 4.39. The van der Waals surface area contributed by atoms with E-state index < -0.39 is 11.1 Å². The van der Waals surface area contributed by atoms with Crippen molar-refractivity contribution in [2.24, 2.45) is 0 Å². The number of carbonyl (C=O) groups is 1. The van der Waals surface area contributed by atoms with E-state index in [4.69, 9.17) is 0 Å². The van der Waals surface area contributed by atoms with Crippen LogP contribution < -0.4 is 29.6 Å². The maximum atomic E-state index is 10.8. The second kappa shape index (κ2) is 5.67. The Morgan fingerprint density at radius 2 is 1.77 bits per heavy atom. The molecule has 0 aliphatic carbocycles. The summed E-state index contributed by atoms with van der Waals surface area (Å²) in [6.07, 6.45) is 0. The molecule has 0 heterocycles. The molecule has 0 saturated carbocycles. The van der Waals surface area contributed by atoms with E-state index in [1.807, 2.05) is 0 Å². The zero-order valence-corrected chi connectivity index (χ0v) is 10.3. The standard InChI is InChI=1S/C8H8O3S.Na/c1-6(9)7-2-4-8(5-3-7)12(10)11;/h2-5H,1H3,(H,10,11);/q;+1/p-1. The second-order valence-corrected chi connectivity index (χ2v) is 3.26. The average molecular weight is 206 g/mol. The number of hydrogen-bond acceptors (Lipinski definition) is 3. The Balaban J connectivity index is 0.00000144. The smallest absolute Gasteiger partial charge is 0.768 e. The van der Waals surface area contributed by atoms with Gasteiger partial charge in [0, 0.05) is 10.5 Å². The maximum Gasteiger partial charge on any atom is 1.00 e. The van der Waals surface area contributed by atoms with Gasteiger partial charge in [0.05, 0.1) is 0 Å². The van der Waals surface area contributed by atoms with Gasteiger partial charge in [0.15, 0.2) is 5.78 Å². The number of carbonyl (C=O) groups excluding carboxylic acids is 1. The summed E-state index contributed by atoms with van der Waals surface area (Å²) in [6.45, 7) is 1.43. The van der Waals surface area contributed by atoms with Crippen LogP contribution >= 0.6 is 0 Å². The number of benzene rings is 1. The van der Waals surface area contributed by atoms with Crippen LogP contribution in [0.1, 0.15) is 17.3 Å². The zero-order valence-electron chi connectivity index (χ0n) is 7.44. The molecule has 1 unspecified atom stereocenters. The summed E-state index contributed by atoms with van der Waals surface area (Å²) in [7, 11) is 0. The van der Waals surface area contributed by atoms with Gasteiger partial charge in [-0.25, -0.2) is 0 Å². The van der Waals surface area contributed by atoms with E-state index in [-0.39, 0.29) is 40.2 Å². The van der Waals surface area contributed by atoms with Crippen LogP contribution in [0.4, 0.5) is 0 Å². The molecule has 0 radical (unpaired) electrons. The van der Waals surface area contributed by atoms with Crippen molar-refractivity contribution in [1.82, 2.24) is 0 Å². The molecule has 1 aromatic rings. The maximum absolute atomic E-state index is 10.8. The minimum Gasteiger partial charge on any atom is -0.768 e. The van der Waals surface area contributed by atoms with E-state index in [1.54, 1.807) is 0 Å². The minimum absolute atomic E-state index is 0. The van der Waals surface area contributed by atoms with Gasteiger partial charge in [0.2, 0.25) is 0 Å². The molecule has 0 fully saturated rings. The molecule has 0 N–H and O–H groups in total. The molecule has 0 amide bonds. The fourth-order valence-corrected chi connectivity index (χ4v) is 1.16. The van der Waals surface area contributed by atoms with Crippen LogP contribution in [0, 0.1) is 0 Å². The number of rotatable bonds is 2. The van der Waals surface area contributed by atoms with E-state index in [0.717, 1.165) is 0 Å². The van der Waals surface area contributed by atoms with Crippen molar-refractivity contribution in [1.29, 1.82) is 0 Å². The fourth-order valence-electron chi connectivity index (χ4n) is 0.801. The monoisotopic (exact) mass is 206 g/mol. The first-order chi connectivity index (χ1) is 5.61. The van der Waals surface area contributed by atoms with Crippen molar-refractivity contribution < 1.29 is 43.1 Å². The van der Waals surface area contributed by atoms with Gasteiger partial charge in [0.1, 0.15) is 0 Å². The van der Waals surface area contributed by atoms with Crippen LogP contribution in [-0.4, -0.2) is 14.5 Å². The topological polar surface area (TPSA) is 57.2 Å². The molecule has 64 valence electrons. The van der Waals surface area contributed by atoms with E-state index in [0.29, 0.717) is 5.56 Å². The average Bonchev–Trinajstić information content (AvgIpc) is 2.04. The predicted octanol–water partition coefficient (Wildman–Crippen LogP) is -1.87. The normalized spacial score (nSPS) is 11.5. The van der Waals surface area contributed by atoms with Crippen LogP contribution in [0.15, 0.2) is 29.2 Å². The summed E-state index contributed by atoms with van der Waals surface area (Å²) in [5, 5.41) is 0. The number of Topliss-reactive ketones (excluding diaryl/α,β-unsaturated/α-hetero) is 1. The van der Waals surface area contributed by atoms with Crippen LogP contribution in [0.25, 0.3) is 0 Å². The molecule has 3 nitrogen and oxygen atoms in total. The van der Waals surface area contributed by atoms with Crippen molar-refractivity contribution >= 4 is 16.9 Å². The van der Waals surface area contributed by atoms with Gasteiger partial charge in [-0.3, -0.25) is 9.00 Å². The molecule has 0 aromatic heterocycles. The van der Waals surface area contributed by atoms with Crippen molar-refractivity contribution in [2.75, 3.05) is 0 Å². The number of hydrogen-bond donors (Lipinski definition) is 0. The molecular formula is C8H7NaO3S. The van der Waals surface area contributed by atoms with E-state index in [2.05, 4.69) is 0 Å². The van der Waals surface area contributed by atoms with Gasteiger partial charge in [-0.05, 0) is 30.1 Å². The van der Waals surface area contributed by atoms with E-state index in [9.17, 15) is 13.6 Å². The van der Waals surface area contributed by atoms with E-state index >= 15 is 0 Å². The Morgan fingerprint density at radius 3 is 2.08 bits per heavy atom. The second-order valence-electron chi connectivity index (χ2n) is 2.32. The van der Waals surface area contributed by atoms with Gasteiger partial charge in [-0.2, -0.15) is 0 Å². The van der Waals surface area contributed by atoms with E-state index in [1.165, 1.54) is 31.2 Å². The Labute approximate surface area is 101 Å². The number of ketones is 1. The molecule has 5 heteroatoms. The first kappa shape index (κ1) is 13.0. The van der Waals surface area contributed by atoms with Crippen LogP contribution in [-0.2, 0) is 11.1 Å². The summed E-state index contributed by atoms with van der Waals surface area (Å²) in [5.74, 6) is -0.0711. The summed E-state index contributed by atoms with van der Waals surface area (Å²) in [4.78, 5) is 11.0. The molecule has 1 rings (SSSR count). The SMILES string of the molecule is CC(=O)c1ccc(S(=O)[O-])cc1.[Na+]. The molecule has 1 atom stereocenters. The summed E-state index contributed by atoms with van der Waals surface area (Å²) < 4.78 is 20.8. The Morgan fingerprint density at radius 1 is 1.31 bits per heavy atom. The fraction of sp³-hybridized carbons (Fsp3) is 0.125. The largest absolute Gasteiger partial charge is 1.00 e. The molecule has 0 aliphatic heterocycles. The Kier molecular flexibility index (Phi) is 5.67. The van der Waals surface area contributed by atoms with Gasteiger partial charge in [-0.1, -0.05) is 12.1 Å². The van der Waals surface area contributed by atoms with Crippen molar-refractivity contribution in [3.63, 3.8) is 0 Å². The third-order valence-electron chi connectivity index (χ3n) is 1.45. The molecule has 1 aromatic carbocycles. The summed E-state index contributed by atoms with van der Waals surface area (Å²) in [6, 6.07) is 5.79. The van der Waals surface area contributed by atoms with Crippen LogP contribution in [0.2, 0.25) is 0 Å².